The van der Waals surface area contributed by atoms with Crippen LogP contribution in [0.3, 0.4) is 0 Å². The molecule has 0 unspecified atom stereocenters. The van der Waals surface area contributed by atoms with Gasteiger partial charge in [-0.1, -0.05) is 30.0 Å². The van der Waals surface area contributed by atoms with Crippen molar-refractivity contribution in [2.24, 2.45) is 0 Å². The zero-order chi connectivity index (χ0) is 12.4. The fourth-order valence-electron chi connectivity index (χ4n) is 1.49. The zero-order valence-corrected chi connectivity index (χ0v) is 8.68. The van der Waals surface area contributed by atoms with E-state index >= 15 is 0 Å². The maximum Gasteiger partial charge on any atom is 0.335 e. The van der Waals surface area contributed by atoms with E-state index < -0.39 is 17.5 Å². The van der Waals surface area contributed by atoms with E-state index in [2.05, 4.69) is 0 Å². The highest BCUT2D eigenvalue weighted by Crippen LogP contribution is 2.23. The van der Waals surface area contributed by atoms with Gasteiger partial charge in [0.05, 0.1) is 5.56 Å². The Morgan fingerprint density at radius 1 is 1.06 bits per heavy atom. The number of halogens is 1. The first-order chi connectivity index (χ1) is 8.08. The predicted octanol–water partition coefficient (Wildman–Crippen LogP) is 2.26. The van der Waals surface area contributed by atoms with E-state index in [-0.39, 0.29) is 5.56 Å². The molecule has 17 heavy (non-hydrogen) atoms. The molecule has 2 rings (SSSR count). The average molecular weight is 231 g/mol. The van der Waals surface area contributed by atoms with Crippen molar-refractivity contribution in [2.75, 3.05) is 0 Å². The fourth-order valence-corrected chi connectivity index (χ4v) is 1.49. The van der Waals surface area contributed by atoms with Gasteiger partial charge in [-0.15, -0.1) is 0 Å². The van der Waals surface area contributed by atoms with Gasteiger partial charge in [0.15, 0.2) is 0 Å². The first kappa shape index (κ1) is 11.1. The zero-order valence-electron chi connectivity index (χ0n) is 8.68. The van der Waals surface area contributed by atoms with Crippen LogP contribution in [0.2, 0.25) is 0 Å². The largest absolute Gasteiger partial charge is 0.870 e. The molecule has 0 aromatic heterocycles. The molecule has 0 amide bonds. The van der Waals surface area contributed by atoms with Crippen molar-refractivity contribution >= 4 is 5.97 Å². The van der Waals surface area contributed by atoms with E-state index in [9.17, 15) is 14.3 Å². The third-order valence-corrected chi connectivity index (χ3v) is 2.40. The second-order valence-electron chi connectivity index (χ2n) is 3.53. The molecule has 3 nitrogen and oxygen atoms in total. The summed E-state index contributed by atoms with van der Waals surface area (Å²) in [6, 6.07) is 9.79. The van der Waals surface area contributed by atoms with E-state index in [1.165, 1.54) is 18.2 Å². The number of hydrogen-bond donors (Lipinski definition) is 1. The van der Waals surface area contributed by atoms with Crippen LogP contribution in [0.4, 0.5) is 4.39 Å². The van der Waals surface area contributed by atoms with Crippen molar-refractivity contribution in [3.63, 3.8) is 0 Å². The minimum absolute atomic E-state index is 0.162. The third-order valence-electron chi connectivity index (χ3n) is 2.40. The molecule has 0 atom stereocenters. The maximum absolute atomic E-state index is 13.1. The van der Waals surface area contributed by atoms with Gasteiger partial charge in [-0.05, 0) is 29.3 Å². The molecule has 0 spiro atoms. The highest BCUT2D eigenvalue weighted by molar-refractivity contribution is 5.88. The number of carboxylic acid groups (broad SMARTS) is 1. The summed E-state index contributed by atoms with van der Waals surface area (Å²) in [5.41, 5.74) is 1.36. The second kappa shape index (κ2) is 4.25. The summed E-state index contributed by atoms with van der Waals surface area (Å²) in [7, 11) is 0. The molecule has 2 aromatic rings. The van der Waals surface area contributed by atoms with Gasteiger partial charge in [0.25, 0.3) is 0 Å². The molecule has 86 valence electrons. The Balaban J connectivity index is 2.39. The number of carboxylic acids is 1. The molecule has 0 aliphatic heterocycles. The normalized spacial score (nSPS) is 10.2. The Hall–Kier alpha value is -2.36. The van der Waals surface area contributed by atoms with E-state index in [4.69, 9.17) is 5.11 Å². The minimum atomic E-state index is -1.02. The van der Waals surface area contributed by atoms with Crippen molar-refractivity contribution in [1.82, 2.24) is 0 Å². The van der Waals surface area contributed by atoms with E-state index in [1.54, 1.807) is 12.1 Å². The lowest BCUT2D eigenvalue weighted by Crippen LogP contribution is -1.96. The number of rotatable bonds is 2. The summed E-state index contributed by atoms with van der Waals surface area (Å²) >= 11 is 0. The molecule has 0 heterocycles. The molecule has 0 saturated carbocycles. The summed E-state index contributed by atoms with van der Waals surface area (Å²) in [4.78, 5) is 10.6. The van der Waals surface area contributed by atoms with Gasteiger partial charge in [0, 0.05) is 0 Å². The lowest BCUT2D eigenvalue weighted by atomic mass is 10.0. The molecule has 2 aromatic carbocycles. The van der Waals surface area contributed by atoms with Crippen molar-refractivity contribution in [3.05, 3.63) is 53.8 Å². The van der Waals surface area contributed by atoms with Gasteiger partial charge in [-0.3, -0.25) is 0 Å². The topological polar surface area (TPSA) is 60.4 Å². The molecule has 1 N–H and O–H groups in total. The molecular formula is C13H8FO3-. The first-order valence-electron chi connectivity index (χ1n) is 4.88. The van der Waals surface area contributed by atoms with Crippen LogP contribution in [-0.4, -0.2) is 11.1 Å². The van der Waals surface area contributed by atoms with Gasteiger partial charge in [-0.2, -0.15) is 0 Å². The van der Waals surface area contributed by atoms with Crippen LogP contribution in [0.5, 0.6) is 5.75 Å². The highest BCUT2D eigenvalue weighted by atomic mass is 19.1. The van der Waals surface area contributed by atoms with Gasteiger partial charge in [0.2, 0.25) is 0 Å². The van der Waals surface area contributed by atoms with E-state index in [0.29, 0.717) is 11.1 Å². The molecule has 4 heteroatoms. The number of hydrogen-bond acceptors (Lipinski definition) is 2. The van der Waals surface area contributed by atoms with Gasteiger partial charge in [0.1, 0.15) is 5.82 Å². The molecule has 0 aliphatic rings. The smallest absolute Gasteiger partial charge is 0.335 e. The molecule has 0 radical (unpaired) electrons. The van der Waals surface area contributed by atoms with Crippen molar-refractivity contribution < 1.29 is 19.4 Å². The summed E-state index contributed by atoms with van der Waals surface area (Å²) in [5.74, 6) is -2.49. The Kier molecular flexibility index (Phi) is 2.78. The van der Waals surface area contributed by atoms with Crippen molar-refractivity contribution in [3.8, 4) is 16.9 Å². The minimum Gasteiger partial charge on any atom is -0.870 e. The monoisotopic (exact) mass is 231 g/mol. The standard InChI is InChI=1S/C13H9FO3/c14-11-7-10(5-6-12(11)15)8-1-3-9(4-2-8)13(16)17/h1-7,15H,(H,16,17)/p-1. The van der Waals surface area contributed by atoms with Crippen LogP contribution in [0, 0.1) is 5.82 Å². The average Bonchev–Trinajstić information content (AvgIpc) is 2.33. The fraction of sp³-hybridized carbons (Fsp3) is 0. The maximum atomic E-state index is 13.1. The summed E-state index contributed by atoms with van der Waals surface area (Å²) in [5, 5.41) is 19.6. The summed E-state index contributed by atoms with van der Waals surface area (Å²) in [6.07, 6.45) is 0. The van der Waals surface area contributed by atoms with Gasteiger partial charge in [-0.25, -0.2) is 9.18 Å². The van der Waals surface area contributed by atoms with Crippen LogP contribution in [0.15, 0.2) is 42.5 Å². The Morgan fingerprint density at radius 2 is 1.65 bits per heavy atom. The van der Waals surface area contributed by atoms with Crippen molar-refractivity contribution in [2.45, 2.75) is 0 Å². The number of carbonyl (C=O) groups is 1. The van der Waals surface area contributed by atoms with E-state index in [1.807, 2.05) is 0 Å². The summed E-state index contributed by atoms with van der Waals surface area (Å²) in [6.45, 7) is 0. The van der Waals surface area contributed by atoms with Crippen LogP contribution in [0.25, 0.3) is 11.1 Å². The number of benzene rings is 2. The summed E-state index contributed by atoms with van der Waals surface area (Å²) < 4.78 is 13.1. The molecule has 0 fully saturated rings. The molecule has 0 aliphatic carbocycles. The molecule has 0 bridgehead atoms. The van der Waals surface area contributed by atoms with Gasteiger partial charge < -0.3 is 10.2 Å². The van der Waals surface area contributed by atoms with Crippen LogP contribution in [0.1, 0.15) is 10.4 Å². The quantitative estimate of drug-likeness (QED) is 0.862. The van der Waals surface area contributed by atoms with Crippen molar-refractivity contribution in [1.29, 1.82) is 0 Å². The predicted molar refractivity (Wildman–Crippen MR) is 58.2 cm³/mol. The molecule has 0 saturated heterocycles. The highest BCUT2D eigenvalue weighted by Gasteiger charge is 2.04. The third kappa shape index (κ3) is 2.25. The van der Waals surface area contributed by atoms with Crippen LogP contribution in [-0.2, 0) is 0 Å². The SMILES string of the molecule is O=C(O)c1ccc(-c2ccc([O-])c(F)c2)cc1. The van der Waals surface area contributed by atoms with Crippen LogP contribution >= 0.6 is 0 Å². The van der Waals surface area contributed by atoms with Crippen LogP contribution < -0.4 is 5.11 Å². The van der Waals surface area contributed by atoms with Gasteiger partial charge >= 0.3 is 5.97 Å². The second-order valence-corrected chi connectivity index (χ2v) is 3.53. The molecular weight excluding hydrogens is 223 g/mol. The Labute approximate surface area is 96.8 Å². The first-order valence-corrected chi connectivity index (χ1v) is 4.88. The Bertz CT molecular complexity index is 561. The Morgan fingerprint density at radius 3 is 2.18 bits per heavy atom. The lowest BCUT2D eigenvalue weighted by Gasteiger charge is -2.09. The number of aromatic carboxylic acids is 1. The lowest BCUT2D eigenvalue weighted by molar-refractivity contribution is -0.272. The van der Waals surface area contributed by atoms with E-state index in [0.717, 1.165) is 12.1 Å².